The molecular formula is C21H20N6O4. The zero-order chi connectivity index (χ0) is 21.8. The van der Waals surface area contributed by atoms with Crippen molar-refractivity contribution in [2.75, 3.05) is 26.8 Å². The fourth-order valence-corrected chi connectivity index (χ4v) is 3.10. The molecule has 0 spiro atoms. The predicted molar refractivity (Wildman–Crippen MR) is 114 cm³/mol. The van der Waals surface area contributed by atoms with Crippen LogP contribution in [0.2, 0.25) is 0 Å². The highest BCUT2D eigenvalue weighted by atomic mass is 16.5. The molecule has 2 aromatic heterocycles. The van der Waals surface area contributed by atoms with E-state index < -0.39 is 5.91 Å². The summed E-state index contributed by atoms with van der Waals surface area (Å²) in [7, 11) is 4.60. The zero-order valence-corrected chi connectivity index (χ0v) is 17.1. The van der Waals surface area contributed by atoms with Gasteiger partial charge in [0.2, 0.25) is 5.75 Å². The van der Waals surface area contributed by atoms with Crippen molar-refractivity contribution in [3.63, 3.8) is 0 Å². The summed E-state index contributed by atoms with van der Waals surface area (Å²) in [5.74, 6) is 1.53. The van der Waals surface area contributed by atoms with E-state index in [4.69, 9.17) is 14.2 Å². The average Bonchev–Trinajstić information content (AvgIpc) is 3.32. The number of carbonyl (C=O) groups excluding carboxylic acids is 1. The molecule has 2 aromatic carbocycles. The van der Waals surface area contributed by atoms with Gasteiger partial charge in [0.25, 0.3) is 5.91 Å². The number of nitrogens with one attached hydrogen (secondary N) is 3. The number of hydrogen-bond donors (Lipinski definition) is 3. The Kier molecular flexibility index (Phi) is 5.52. The first-order valence-electron chi connectivity index (χ1n) is 9.26. The van der Waals surface area contributed by atoms with Crippen LogP contribution in [0, 0.1) is 0 Å². The van der Waals surface area contributed by atoms with Gasteiger partial charge in [0.1, 0.15) is 12.0 Å². The van der Waals surface area contributed by atoms with Gasteiger partial charge in [-0.1, -0.05) is 12.1 Å². The molecule has 0 bridgehead atoms. The minimum absolute atomic E-state index is 0.259. The zero-order valence-electron chi connectivity index (χ0n) is 17.1. The number of hydrazine groups is 1. The fraction of sp³-hybridized carbons (Fsp3) is 0.143. The average molecular weight is 420 g/mol. The van der Waals surface area contributed by atoms with Crippen LogP contribution in [-0.2, 0) is 0 Å². The van der Waals surface area contributed by atoms with Crippen LogP contribution in [0.4, 0.5) is 5.82 Å². The van der Waals surface area contributed by atoms with E-state index in [1.54, 1.807) is 18.2 Å². The van der Waals surface area contributed by atoms with Gasteiger partial charge in [0, 0.05) is 10.9 Å². The molecular weight excluding hydrogens is 400 g/mol. The molecule has 0 aliphatic heterocycles. The van der Waals surface area contributed by atoms with Crippen LogP contribution in [-0.4, -0.2) is 47.4 Å². The molecule has 31 heavy (non-hydrogen) atoms. The first kappa shape index (κ1) is 20.0. The molecule has 0 fully saturated rings. The Morgan fingerprint density at radius 3 is 2.42 bits per heavy atom. The second kappa shape index (κ2) is 8.57. The number of anilines is 1. The molecule has 158 valence electrons. The lowest BCUT2D eigenvalue weighted by Crippen LogP contribution is -2.30. The first-order valence-corrected chi connectivity index (χ1v) is 9.26. The third kappa shape index (κ3) is 3.90. The van der Waals surface area contributed by atoms with Crippen LogP contribution in [0.1, 0.15) is 10.5 Å². The van der Waals surface area contributed by atoms with Crippen LogP contribution in [0.25, 0.3) is 22.2 Å². The Labute approximate surface area is 177 Å². The van der Waals surface area contributed by atoms with Gasteiger partial charge >= 0.3 is 0 Å². The Bertz CT molecular complexity index is 1210. The molecule has 3 N–H and O–H groups in total. The molecule has 0 saturated heterocycles. The number of benzene rings is 2. The smallest absolute Gasteiger partial charge is 0.287 e. The van der Waals surface area contributed by atoms with Gasteiger partial charge in [-0.25, -0.2) is 9.97 Å². The van der Waals surface area contributed by atoms with Crippen LogP contribution < -0.4 is 25.1 Å². The first-order chi connectivity index (χ1) is 15.1. The number of hydrogen-bond acceptors (Lipinski definition) is 8. The van der Waals surface area contributed by atoms with Crippen molar-refractivity contribution >= 4 is 22.6 Å². The highest BCUT2D eigenvalue weighted by molar-refractivity contribution is 5.95. The van der Waals surface area contributed by atoms with Gasteiger partial charge in [-0.05, 0) is 30.3 Å². The van der Waals surface area contributed by atoms with Gasteiger partial charge in [0.05, 0.1) is 32.5 Å². The van der Waals surface area contributed by atoms with Crippen LogP contribution in [0.5, 0.6) is 17.2 Å². The van der Waals surface area contributed by atoms with Gasteiger partial charge in [0.15, 0.2) is 17.3 Å². The maximum Gasteiger partial charge on any atom is 0.287 e. The summed E-state index contributed by atoms with van der Waals surface area (Å²) in [6.45, 7) is 0. The van der Waals surface area contributed by atoms with Crippen molar-refractivity contribution in [2.24, 2.45) is 0 Å². The molecule has 0 saturated carbocycles. The number of aromatic nitrogens is 4. The number of aromatic amines is 1. The van der Waals surface area contributed by atoms with E-state index in [2.05, 4.69) is 31.0 Å². The molecule has 2 heterocycles. The summed E-state index contributed by atoms with van der Waals surface area (Å²) in [6, 6.07) is 12.6. The van der Waals surface area contributed by atoms with Crippen LogP contribution in [0.15, 0.2) is 48.8 Å². The third-order valence-electron chi connectivity index (χ3n) is 4.62. The maximum atomic E-state index is 12.6. The summed E-state index contributed by atoms with van der Waals surface area (Å²) in [4.78, 5) is 21.0. The second-order valence-electron chi connectivity index (χ2n) is 6.40. The number of fused-ring (bicyclic) bond motifs is 1. The summed E-state index contributed by atoms with van der Waals surface area (Å²) in [5.41, 5.74) is 7.70. The van der Waals surface area contributed by atoms with Crippen molar-refractivity contribution in [2.45, 2.75) is 0 Å². The topological polar surface area (TPSA) is 123 Å². The molecule has 0 radical (unpaired) electrons. The van der Waals surface area contributed by atoms with Gasteiger partial charge < -0.3 is 14.2 Å². The number of carbonyl (C=O) groups is 1. The van der Waals surface area contributed by atoms with Crippen LogP contribution in [0.3, 0.4) is 0 Å². The lowest BCUT2D eigenvalue weighted by molar-refractivity contribution is 0.0957. The molecule has 4 aromatic rings. The Morgan fingerprint density at radius 2 is 1.71 bits per heavy atom. The second-order valence-corrected chi connectivity index (χ2v) is 6.40. The van der Waals surface area contributed by atoms with E-state index >= 15 is 0 Å². The van der Waals surface area contributed by atoms with E-state index in [-0.39, 0.29) is 5.69 Å². The summed E-state index contributed by atoms with van der Waals surface area (Å²) < 4.78 is 16.1. The molecule has 0 aliphatic rings. The fourth-order valence-electron chi connectivity index (χ4n) is 3.10. The number of rotatable bonds is 7. The summed E-state index contributed by atoms with van der Waals surface area (Å²) in [6.07, 6.45) is 1.43. The molecule has 0 atom stereocenters. The molecule has 10 heteroatoms. The lowest BCUT2D eigenvalue weighted by atomic mass is 10.1. The van der Waals surface area contributed by atoms with Gasteiger partial charge in [-0.15, -0.1) is 0 Å². The minimum atomic E-state index is -0.408. The van der Waals surface area contributed by atoms with E-state index in [1.807, 2.05) is 24.3 Å². The molecule has 0 unspecified atom stereocenters. The van der Waals surface area contributed by atoms with E-state index in [1.165, 1.54) is 27.7 Å². The molecule has 4 rings (SSSR count). The normalized spacial score (nSPS) is 10.5. The SMILES string of the molecule is COc1cc(-c2cc(C(=O)NNc3ncnc4ccccc34)[nH]n2)cc(OC)c1OC. The van der Waals surface area contributed by atoms with Crippen molar-refractivity contribution < 1.29 is 19.0 Å². The molecule has 0 aliphatic carbocycles. The largest absolute Gasteiger partial charge is 0.493 e. The van der Waals surface area contributed by atoms with Crippen LogP contribution >= 0.6 is 0 Å². The Hall–Kier alpha value is -4.34. The number of H-pyrrole nitrogens is 1. The number of amides is 1. The van der Waals surface area contributed by atoms with Gasteiger partial charge in [-0.2, -0.15) is 5.10 Å². The number of para-hydroxylation sites is 1. The van der Waals surface area contributed by atoms with Crippen molar-refractivity contribution in [3.05, 3.63) is 54.5 Å². The van der Waals surface area contributed by atoms with Gasteiger partial charge in [-0.3, -0.25) is 20.7 Å². The Balaban J connectivity index is 1.54. The highest BCUT2D eigenvalue weighted by Gasteiger charge is 2.17. The number of nitrogens with zero attached hydrogens (tertiary/aromatic N) is 3. The minimum Gasteiger partial charge on any atom is -0.493 e. The van der Waals surface area contributed by atoms with Crippen molar-refractivity contribution in [1.82, 2.24) is 25.6 Å². The lowest BCUT2D eigenvalue weighted by Gasteiger charge is -2.13. The monoisotopic (exact) mass is 420 g/mol. The predicted octanol–water partition coefficient (Wildman–Crippen LogP) is 2.80. The van der Waals surface area contributed by atoms with Crippen molar-refractivity contribution in [3.8, 4) is 28.5 Å². The van der Waals surface area contributed by atoms with E-state index in [0.717, 1.165) is 10.9 Å². The van der Waals surface area contributed by atoms with Crippen molar-refractivity contribution in [1.29, 1.82) is 0 Å². The number of ether oxygens (including phenoxy) is 3. The van der Waals surface area contributed by atoms with E-state index in [0.29, 0.717) is 34.3 Å². The summed E-state index contributed by atoms with van der Waals surface area (Å²) >= 11 is 0. The highest BCUT2D eigenvalue weighted by Crippen LogP contribution is 2.40. The summed E-state index contributed by atoms with van der Waals surface area (Å²) in [5, 5.41) is 7.75. The maximum absolute atomic E-state index is 12.6. The Morgan fingerprint density at radius 1 is 0.968 bits per heavy atom. The van der Waals surface area contributed by atoms with E-state index in [9.17, 15) is 4.79 Å². The molecule has 1 amide bonds. The third-order valence-corrected chi connectivity index (χ3v) is 4.62. The number of methoxy groups -OCH3 is 3. The standard InChI is InChI=1S/C21H20N6O4/c1-29-17-8-12(9-18(30-2)19(17)31-3)15-10-16(25-24-15)21(28)27-26-20-13-6-4-5-7-14(13)22-11-23-20/h4-11H,1-3H3,(H,24,25)(H,27,28)(H,22,23,26). The quantitative estimate of drug-likeness (QED) is 0.390. The molecule has 10 nitrogen and oxygen atoms in total.